The van der Waals surface area contributed by atoms with Crippen LogP contribution in [0.4, 0.5) is 5.69 Å². The van der Waals surface area contributed by atoms with Crippen molar-refractivity contribution in [1.29, 1.82) is 0 Å². The highest BCUT2D eigenvalue weighted by atomic mass is 35.5. The normalized spacial score (nSPS) is 10.5. The molecule has 0 spiro atoms. The first-order chi connectivity index (χ1) is 13.5. The topological polar surface area (TPSA) is 60.3 Å². The van der Waals surface area contributed by atoms with Crippen LogP contribution in [0.5, 0.6) is 0 Å². The Labute approximate surface area is 168 Å². The molecule has 1 heterocycles. The number of aryl methyl sites for hydroxylation is 1. The Morgan fingerprint density at radius 2 is 1.75 bits per heavy atom. The average Bonchev–Trinajstić information content (AvgIpc) is 2.99. The highest BCUT2D eigenvalue weighted by Gasteiger charge is 2.24. The van der Waals surface area contributed by atoms with E-state index in [1.165, 1.54) is 0 Å². The SMILES string of the molecule is CCOC(=O)c1c(NC(=O)Cc2ccccc2)cc(Cl)n1-c1ccc(C)cc1. The van der Waals surface area contributed by atoms with Gasteiger partial charge in [-0.2, -0.15) is 0 Å². The smallest absolute Gasteiger partial charge is 0.357 e. The predicted octanol–water partition coefficient (Wildman–Crippen LogP) is 4.80. The molecule has 0 saturated carbocycles. The van der Waals surface area contributed by atoms with Gasteiger partial charge < -0.3 is 10.1 Å². The highest BCUT2D eigenvalue weighted by Crippen LogP contribution is 2.30. The van der Waals surface area contributed by atoms with E-state index < -0.39 is 5.97 Å². The maximum Gasteiger partial charge on any atom is 0.357 e. The third kappa shape index (κ3) is 4.43. The van der Waals surface area contributed by atoms with Crippen molar-refractivity contribution in [3.63, 3.8) is 0 Å². The summed E-state index contributed by atoms with van der Waals surface area (Å²) in [5.74, 6) is -0.792. The summed E-state index contributed by atoms with van der Waals surface area (Å²) in [6.07, 6.45) is 0.191. The average molecular weight is 397 g/mol. The minimum Gasteiger partial charge on any atom is -0.461 e. The summed E-state index contributed by atoms with van der Waals surface area (Å²) in [4.78, 5) is 25.1. The summed E-state index contributed by atoms with van der Waals surface area (Å²) in [6.45, 7) is 3.92. The Bertz CT molecular complexity index is 979. The fourth-order valence-corrected chi connectivity index (χ4v) is 3.19. The van der Waals surface area contributed by atoms with Gasteiger partial charge in [0, 0.05) is 5.69 Å². The van der Waals surface area contributed by atoms with Crippen molar-refractivity contribution in [3.05, 3.63) is 82.6 Å². The lowest BCUT2D eigenvalue weighted by molar-refractivity contribution is -0.115. The van der Waals surface area contributed by atoms with E-state index >= 15 is 0 Å². The second-order valence-corrected chi connectivity index (χ2v) is 6.72. The second kappa shape index (κ2) is 8.76. The first-order valence-electron chi connectivity index (χ1n) is 8.98. The van der Waals surface area contributed by atoms with Crippen LogP contribution in [0, 0.1) is 6.92 Å². The lowest BCUT2D eigenvalue weighted by Crippen LogP contribution is -2.18. The molecule has 1 N–H and O–H groups in total. The number of hydrogen-bond acceptors (Lipinski definition) is 3. The third-order valence-electron chi connectivity index (χ3n) is 4.20. The van der Waals surface area contributed by atoms with Gasteiger partial charge in [0.05, 0.1) is 18.7 Å². The molecule has 0 aliphatic carbocycles. The van der Waals surface area contributed by atoms with Crippen LogP contribution in [0.2, 0.25) is 5.15 Å². The third-order valence-corrected chi connectivity index (χ3v) is 4.48. The van der Waals surface area contributed by atoms with Crippen molar-refractivity contribution >= 4 is 29.2 Å². The van der Waals surface area contributed by atoms with Gasteiger partial charge in [0.2, 0.25) is 5.91 Å². The molecule has 6 heteroatoms. The minimum atomic E-state index is -0.551. The number of amides is 1. The number of carbonyl (C=O) groups is 2. The summed E-state index contributed by atoms with van der Waals surface area (Å²) in [5, 5.41) is 3.10. The maximum absolute atomic E-state index is 12.6. The van der Waals surface area contributed by atoms with Crippen LogP contribution in [-0.2, 0) is 16.0 Å². The molecule has 0 aliphatic heterocycles. The van der Waals surface area contributed by atoms with Crippen LogP contribution >= 0.6 is 11.6 Å². The number of esters is 1. The minimum absolute atomic E-state index is 0.191. The van der Waals surface area contributed by atoms with Crippen molar-refractivity contribution < 1.29 is 14.3 Å². The van der Waals surface area contributed by atoms with Crippen LogP contribution in [0.15, 0.2) is 60.7 Å². The Balaban J connectivity index is 1.96. The molecule has 28 heavy (non-hydrogen) atoms. The van der Waals surface area contributed by atoms with E-state index in [4.69, 9.17) is 16.3 Å². The fourth-order valence-electron chi connectivity index (χ4n) is 2.90. The molecule has 0 atom stereocenters. The summed E-state index contributed by atoms with van der Waals surface area (Å²) in [6, 6.07) is 18.5. The highest BCUT2D eigenvalue weighted by molar-refractivity contribution is 6.31. The van der Waals surface area contributed by atoms with Crippen LogP contribution in [0.1, 0.15) is 28.5 Å². The van der Waals surface area contributed by atoms with Crippen LogP contribution in [0.3, 0.4) is 0 Å². The van der Waals surface area contributed by atoms with Crippen LogP contribution in [-0.4, -0.2) is 23.1 Å². The molecule has 1 amide bonds. The molecule has 0 saturated heterocycles. The molecule has 0 bridgehead atoms. The van der Waals surface area contributed by atoms with Crippen molar-refractivity contribution in [2.45, 2.75) is 20.3 Å². The summed E-state index contributed by atoms with van der Waals surface area (Å²) in [7, 11) is 0. The molecule has 0 unspecified atom stereocenters. The molecule has 2 aromatic carbocycles. The number of carbonyl (C=O) groups excluding carboxylic acids is 2. The predicted molar refractivity (Wildman–Crippen MR) is 110 cm³/mol. The molecule has 144 valence electrons. The second-order valence-electron chi connectivity index (χ2n) is 6.33. The molecule has 0 radical (unpaired) electrons. The number of nitrogens with zero attached hydrogens (tertiary/aromatic N) is 1. The van der Waals surface area contributed by atoms with Crippen molar-refractivity contribution in [1.82, 2.24) is 4.57 Å². The zero-order valence-electron chi connectivity index (χ0n) is 15.7. The monoisotopic (exact) mass is 396 g/mol. The summed E-state index contributed by atoms with van der Waals surface area (Å²) >= 11 is 6.42. The zero-order chi connectivity index (χ0) is 20.1. The quantitative estimate of drug-likeness (QED) is 0.609. The summed E-state index contributed by atoms with van der Waals surface area (Å²) in [5.41, 5.74) is 3.19. The van der Waals surface area contributed by atoms with E-state index in [0.717, 1.165) is 11.1 Å². The lowest BCUT2D eigenvalue weighted by atomic mass is 10.1. The Kier molecular flexibility index (Phi) is 6.16. The van der Waals surface area contributed by atoms with E-state index in [1.807, 2.05) is 61.5 Å². The first kappa shape index (κ1) is 19.7. The Morgan fingerprint density at radius 1 is 1.07 bits per heavy atom. The molecule has 0 aliphatic rings. The van der Waals surface area contributed by atoms with Gasteiger partial charge in [-0.3, -0.25) is 9.36 Å². The van der Waals surface area contributed by atoms with Gasteiger partial charge in [0.25, 0.3) is 0 Å². The van der Waals surface area contributed by atoms with Crippen LogP contribution in [0.25, 0.3) is 5.69 Å². The van der Waals surface area contributed by atoms with E-state index in [2.05, 4.69) is 5.32 Å². The number of anilines is 1. The van der Waals surface area contributed by atoms with Gasteiger partial charge in [-0.05, 0) is 37.6 Å². The van der Waals surface area contributed by atoms with E-state index in [0.29, 0.717) is 16.5 Å². The summed E-state index contributed by atoms with van der Waals surface area (Å²) < 4.78 is 6.78. The van der Waals surface area contributed by atoms with Crippen molar-refractivity contribution in [3.8, 4) is 5.69 Å². The number of benzene rings is 2. The van der Waals surface area contributed by atoms with Gasteiger partial charge in [0.15, 0.2) is 5.69 Å². The molecule has 5 nitrogen and oxygen atoms in total. The van der Waals surface area contributed by atoms with E-state index in [-0.39, 0.29) is 24.6 Å². The number of rotatable bonds is 6. The Hall–Kier alpha value is -3.05. The number of halogens is 1. The number of nitrogens with one attached hydrogen (secondary N) is 1. The molecule has 1 aromatic heterocycles. The lowest BCUT2D eigenvalue weighted by Gasteiger charge is -2.12. The molecular formula is C22H21ClN2O3. The number of hydrogen-bond donors (Lipinski definition) is 1. The first-order valence-corrected chi connectivity index (χ1v) is 9.36. The zero-order valence-corrected chi connectivity index (χ0v) is 16.5. The fraction of sp³-hybridized carbons (Fsp3) is 0.182. The van der Waals surface area contributed by atoms with E-state index in [9.17, 15) is 9.59 Å². The van der Waals surface area contributed by atoms with Gasteiger partial charge >= 0.3 is 5.97 Å². The van der Waals surface area contributed by atoms with E-state index in [1.54, 1.807) is 17.6 Å². The Morgan fingerprint density at radius 3 is 2.39 bits per heavy atom. The van der Waals surface area contributed by atoms with Crippen molar-refractivity contribution in [2.24, 2.45) is 0 Å². The molecule has 3 rings (SSSR count). The standard InChI is InChI=1S/C22H21ClN2O3/c1-3-28-22(27)21-18(24-20(26)13-16-7-5-4-6-8-16)14-19(23)25(21)17-11-9-15(2)10-12-17/h4-12,14H,3,13H2,1-2H3,(H,24,26). The number of ether oxygens (including phenoxy) is 1. The van der Waals surface area contributed by atoms with Crippen LogP contribution < -0.4 is 5.32 Å². The maximum atomic E-state index is 12.6. The number of aromatic nitrogens is 1. The molecule has 0 fully saturated rings. The molecule has 3 aromatic rings. The van der Waals surface area contributed by atoms with Gasteiger partial charge in [0.1, 0.15) is 5.15 Å². The largest absolute Gasteiger partial charge is 0.461 e. The van der Waals surface area contributed by atoms with Gasteiger partial charge in [-0.15, -0.1) is 0 Å². The van der Waals surface area contributed by atoms with Crippen molar-refractivity contribution in [2.75, 3.05) is 11.9 Å². The van der Waals surface area contributed by atoms with Gasteiger partial charge in [-0.25, -0.2) is 4.79 Å². The van der Waals surface area contributed by atoms with Gasteiger partial charge in [-0.1, -0.05) is 59.6 Å². The molecular weight excluding hydrogens is 376 g/mol.